The van der Waals surface area contributed by atoms with Crippen molar-refractivity contribution in [2.75, 3.05) is 0 Å². The Bertz CT molecular complexity index is 795. The van der Waals surface area contributed by atoms with Gasteiger partial charge in [0.2, 0.25) is 5.78 Å². The number of nitrogens with zero attached hydrogens (tertiary/aromatic N) is 3. The monoisotopic (exact) mass is 269 g/mol. The minimum Gasteiger partial charge on any atom is -0.313 e. The van der Waals surface area contributed by atoms with Gasteiger partial charge in [-0.3, -0.25) is 9.20 Å². The lowest BCUT2D eigenvalue weighted by atomic mass is 10.2. The summed E-state index contributed by atoms with van der Waals surface area (Å²) in [7, 11) is 0. The predicted molar refractivity (Wildman–Crippen MR) is 80.3 cm³/mol. The van der Waals surface area contributed by atoms with E-state index in [2.05, 4.69) is 11.5 Å². The number of fused-ring (bicyclic) bond motifs is 3. The molecule has 2 aromatic heterocycles. The van der Waals surface area contributed by atoms with Gasteiger partial charge in [0.1, 0.15) is 5.69 Å². The molecule has 0 aliphatic heterocycles. The maximum Gasteiger partial charge on any atom is 0.215 e. The van der Waals surface area contributed by atoms with E-state index in [0.29, 0.717) is 0 Å². The highest BCUT2D eigenvalue weighted by Gasteiger charge is 2.20. The van der Waals surface area contributed by atoms with Crippen molar-refractivity contribution in [1.29, 1.82) is 0 Å². The van der Waals surface area contributed by atoms with Crippen LogP contribution < -0.4 is 0 Å². The SMILES string of the molecule is CCCCn1c(C)c(C(C)=O)n2c3ccccc3nc12. The highest BCUT2D eigenvalue weighted by molar-refractivity contribution is 5.97. The number of carbonyl (C=O) groups excluding carboxylic acids is 1. The third-order valence-corrected chi connectivity index (χ3v) is 3.82. The summed E-state index contributed by atoms with van der Waals surface area (Å²) in [6.07, 6.45) is 2.21. The summed E-state index contributed by atoms with van der Waals surface area (Å²) in [5.74, 6) is 0.966. The highest BCUT2D eigenvalue weighted by Crippen LogP contribution is 2.24. The van der Waals surface area contributed by atoms with Crippen molar-refractivity contribution in [3.8, 4) is 0 Å². The molecule has 0 N–H and O–H groups in total. The van der Waals surface area contributed by atoms with E-state index >= 15 is 0 Å². The number of Topliss-reactive ketones (excluding diaryl/α,β-unsaturated/α-hetero) is 1. The summed E-state index contributed by atoms with van der Waals surface area (Å²) in [5.41, 5.74) is 3.71. The fraction of sp³-hybridized carbons (Fsp3) is 0.375. The van der Waals surface area contributed by atoms with Gasteiger partial charge < -0.3 is 4.57 Å². The first-order valence-electron chi connectivity index (χ1n) is 7.12. The Morgan fingerprint density at radius 2 is 2.05 bits per heavy atom. The fourth-order valence-electron chi connectivity index (χ4n) is 2.85. The Labute approximate surface area is 118 Å². The number of carbonyl (C=O) groups is 1. The second kappa shape index (κ2) is 4.78. The van der Waals surface area contributed by atoms with Gasteiger partial charge in [0.05, 0.1) is 11.0 Å². The van der Waals surface area contributed by atoms with Crippen LogP contribution in [0.4, 0.5) is 0 Å². The van der Waals surface area contributed by atoms with E-state index in [0.717, 1.165) is 47.6 Å². The van der Waals surface area contributed by atoms with E-state index in [1.165, 1.54) is 0 Å². The van der Waals surface area contributed by atoms with Crippen LogP contribution in [-0.2, 0) is 6.54 Å². The van der Waals surface area contributed by atoms with Gasteiger partial charge >= 0.3 is 0 Å². The molecule has 0 bridgehead atoms. The molecule has 3 aromatic rings. The van der Waals surface area contributed by atoms with Gasteiger partial charge in [0.15, 0.2) is 5.78 Å². The van der Waals surface area contributed by atoms with Crippen LogP contribution in [0.2, 0.25) is 0 Å². The fourth-order valence-corrected chi connectivity index (χ4v) is 2.85. The molecule has 0 atom stereocenters. The number of aryl methyl sites for hydroxylation is 1. The molecule has 0 radical (unpaired) electrons. The van der Waals surface area contributed by atoms with Gasteiger partial charge in [0.25, 0.3) is 0 Å². The molecule has 4 heteroatoms. The topological polar surface area (TPSA) is 39.3 Å². The van der Waals surface area contributed by atoms with Crippen molar-refractivity contribution in [3.05, 3.63) is 35.7 Å². The van der Waals surface area contributed by atoms with E-state index in [1.807, 2.05) is 35.6 Å². The van der Waals surface area contributed by atoms with Gasteiger partial charge in [-0.25, -0.2) is 4.98 Å². The van der Waals surface area contributed by atoms with Crippen LogP contribution in [0.15, 0.2) is 24.3 Å². The Balaban J connectivity index is 2.39. The minimum absolute atomic E-state index is 0.0888. The lowest BCUT2D eigenvalue weighted by Gasteiger charge is -2.04. The summed E-state index contributed by atoms with van der Waals surface area (Å²) < 4.78 is 4.17. The van der Waals surface area contributed by atoms with Crippen molar-refractivity contribution in [2.24, 2.45) is 0 Å². The third kappa shape index (κ3) is 1.75. The van der Waals surface area contributed by atoms with E-state index in [4.69, 9.17) is 4.98 Å². The molecule has 0 saturated heterocycles. The molecule has 0 aliphatic carbocycles. The zero-order valence-electron chi connectivity index (χ0n) is 12.2. The summed E-state index contributed by atoms with van der Waals surface area (Å²) in [6, 6.07) is 7.97. The molecule has 2 heterocycles. The van der Waals surface area contributed by atoms with Crippen LogP contribution in [0.25, 0.3) is 16.8 Å². The molecule has 0 spiro atoms. The van der Waals surface area contributed by atoms with Crippen LogP contribution in [0.3, 0.4) is 0 Å². The lowest BCUT2D eigenvalue weighted by Crippen LogP contribution is -2.03. The number of ketones is 1. The number of benzene rings is 1. The predicted octanol–water partition coefficient (Wildman–Crippen LogP) is 3.60. The smallest absolute Gasteiger partial charge is 0.215 e. The standard InChI is InChI=1S/C16H19N3O/c1-4-5-10-18-11(2)15(12(3)20)19-14-9-7-6-8-13(14)17-16(18)19/h6-9H,4-5,10H2,1-3H3. The zero-order valence-corrected chi connectivity index (χ0v) is 12.2. The summed E-state index contributed by atoms with van der Waals surface area (Å²) in [4.78, 5) is 16.8. The van der Waals surface area contributed by atoms with Crippen LogP contribution in [0.5, 0.6) is 0 Å². The molecule has 3 rings (SSSR count). The van der Waals surface area contributed by atoms with E-state index in [9.17, 15) is 4.79 Å². The zero-order chi connectivity index (χ0) is 14.3. The number of unbranched alkanes of at least 4 members (excludes halogenated alkanes) is 1. The van der Waals surface area contributed by atoms with Crippen molar-refractivity contribution >= 4 is 22.6 Å². The molecular formula is C16H19N3O. The maximum absolute atomic E-state index is 12.0. The van der Waals surface area contributed by atoms with Gasteiger partial charge in [-0.1, -0.05) is 25.5 Å². The van der Waals surface area contributed by atoms with E-state index in [-0.39, 0.29) is 5.78 Å². The number of para-hydroxylation sites is 2. The molecule has 0 unspecified atom stereocenters. The third-order valence-electron chi connectivity index (χ3n) is 3.82. The number of hydrogen-bond donors (Lipinski definition) is 0. The van der Waals surface area contributed by atoms with Gasteiger partial charge in [-0.15, -0.1) is 0 Å². The summed E-state index contributed by atoms with van der Waals surface area (Å²) in [5, 5.41) is 0. The minimum atomic E-state index is 0.0888. The second-order valence-corrected chi connectivity index (χ2v) is 5.23. The lowest BCUT2D eigenvalue weighted by molar-refractivity contribution is 0.101. The van der Waals surface area contributed by atoms with Crippen molar-refractivity contribution < 1.29 is 4.79 Å². The van der Waals surface area contributed by atoms with Crippen LogP contribution in [0, 0.1) is 6.92 Å². The van der Waals surface area contributed by atoms with Gasteiger partial charge in [-0.05, 0) is 25.5 Å². The summed E-state index contributed by atoms with van der Waals surface area (Å²) >= 11 is 0. The second-order valence-electron chi connectivity index (χ2n) is 5.23. The molecule has 4 nitrogen and oxygen atoms in total. The number of aromatic nitrogens is 3. The van der Waals surface area contributed by atoms with Crippen LogP contribution >= 0.6 is 0 Å². The highest BCUT2D eigenvalue weighted by atomic mass is 16.1. The molecule has 0 saturated carbocycles. The first-order valence-corrected chi connectivity index (χ1v) is 7.12. The first kappa shape index (κ1) is 12.9. The van der Waals surface area contributed by atoms with Gasteiger partial charge in [-0.2, -0.15) is 0 Å². The van der Waals surface area contributed by atoms with E-state index in [1.54, 1.807) is 6.92 Å². The average molecular weight is 269 g/mol. The molecule has 0 aliphatic rings. The molecule has 20 heavy (non-hydrogen) atoms. The van der Waals surface area contributed by atoms with Crippen molar-refractivity contribution in [2.45, 2.75) is 40.2 Å². The first-order chi connectivity index (χ1) is 9.65. The number of hydrogen-bond acceptors (Lipinski definition) is 2. The average Bonchev–Trinajstić information content (AvgIpc) is 2.90. The summed E-state index contributed by atoms with van der Waals surface area (Å²) in [6.45, 7) is 6.71. The molecule has 104 valence electrons. The Kier molecular flexibility index (Phi) is 3.08. The molecular weight excluding hydrogens is 250 g/mol. The maximum atomic E-state index is 12.0. The molecule has 1 aromatic carbocycles. The number of rotatable bonds is 4. The molecule has 0 amide bonds. The Morgan fingerprint density at radius 3 is 2.75 bits per heavy atom. The molecule has 0 fully saturated rings. The van der Waals surface area contributed by atoms with Crippen LogP contribution in [-0.4, -0.2) is 19.7 Å². The Morgan fingerprint density at radius 1 is 1.30 bits per heavy atom. The quantitative estimate of drug-likeness (QED) is 0.679. The van der Waals surface area contributed by atoms with Crippen molar-refractivity contribution in [3.63, 3.8) is 0 Å². The van der Waals surface area contributed by atoms with E-state index < -0.39 is 0 Å². The van der Waals surface area contributed by atoms with Crippen LogP contribution in [0.1, 0.15) is 42.9 Å². The normalized spacial score (nSPS) is 11.6. The largest absolute Gasteiger partial charge is 0.313 e. The van der Waals surface area contributed by atoms with Gasteiger partial charge in [0, 0.05) is 19.2 Å². The Hall–Kier alpha value is -2.10. The number of imidazole rings is 2. The van der Waals surface area contributed by atoms with Crippen molar-refractivity contribution in [1.82, 2.24) is 14.0 Å².